The minimum atomic E-state index is -4.72. The van der Waals surface area contributed by atoms with Crippen LogP contribution in [0.4, 0.5) is 18.0 Å². The van der Waals surface area contributed by atoms with Crippen molar-refractivity contribution >= 4 is 6.09 Å². The van der Waals surface area contributed by atoms with E-state index in [0.717, 1.165) is 0 Å². The van der Waals surface area contributed by atoms with Gasteiger partial charge in [-0.25, -0.2) is 4.79 Å². The molecule has 1 aromatic rings. The van der Waals surface area contributed by atoms with E-state index in [9.17, 15) is 22.8 Å². The molecule has 1 rings (SSSR count). The van der Waals surface area contributed by atoms with Gasteiger partial charge in [-0.05, 0) is 20.8 Å². The van der Waals surface area contributed by atoms with Crippen molar-refractivity contribution in [3.05, 3.63) is 22.1 Å². The maximum absolute atomic E-state index is 12.2. The summed E-state index contributed by atoms with van der Waals surface area (Å²) >= 11 is 0. The van der Waals surface area contributed by atoms with Crippen LogP contribution in [0.25, 0.3) is 0 Å². The molecule has 0 spiro atoms. The fourth-order valence-electron chi connectivity index (χ4n) is 0.984. The van der Waals surface area contributed by atoms with Crippen LogP contribution >= 0.6 is 0 Å². The highest BCUT2D eigenvalue weighted by molar-refractivity contribution is 5.69. The summed E-state index contributed by atoms with van der Waals surface area (Å²) in [7, 11) is 0. The van der Waals surface area contributed by atoms with Gasteiger partial charge in [0.2, 0.25) is 0 Å². The third-order valence-electron chi connectivity index (χ3n) is 1.60. The number of aromatic nitrogens is 2. The van der Waals surface area contributed by atoms with Gasteiger partial charge in [0.25, 0.3) is 5.56 Å². The molecule has 0 fully saturated rings. The van der Waals surface area contributed by atoms with Gasteiger partial charge in [-0.15, -0.1) is 0 Å². The molecular formula is C9H11F3N2O3. The van der Waals surface area contributed by atoms with Gasteiger partial charge < -0.3 is 4.74 Å². The van der Waals surface area contributed by atoms with Crippen LogP contribution < -0.4 is 5.56 Å². The van der Waals surface area contributed by atoms with E-state index in [0.29, 0.717) is 6.07 Å². The average Bonchev–Trinajstić information content (AvgIpc) is 2.42. The standard InChI is InChI=1S/C9H11F3N2O3/c1-8(2,3)17-7(16)14-6(15)4-5(13-14)9(10,11)12/h4,13H,1-3H3. The van der Waals surface area contributed by atoms with Gasteiger partial charge in [0.05, 0.1) is 0 Å². The number of H-pyrrole nitrogens is 1. The van der Waals surface area contributed by atoms with Gasteiger partial charge in [-0.2, -0.15) is 17.9 Å². The number of alkyl halides is 3. The van der Waals surface area contributed by atoms with Gasteiger partial charge in [0.1, 0.15) is 11.3 Å². The summed E-state index contributed by atoms with van der Waals surface area (Å²) < 4.78 is 41.7. The Bertz CT molecular complexity index is 479. The molecule has 1 heterocycles. The van der Waals surface area contributed by atoms with E-state index in [4.69, 9.17) is 4.74 Å². The number of nitrogens with one attached hydrogen (secondary N) is 1. The summed E-state index contributed by atoms with van der Waals surface area (Å²) in [5, 5.41) is 1.65. The van der Waals surface area contributed by atoms with Crippen molar-refractivity contribution in [3.63, 3.8) is 0 Å². The molecule has 8 heteroatoms. The van der Waals surface area contributed by atoms with Gasteiger partial charge in [0.15, 0.2) is 0 Å². The fourth-order valence-corrected chi connectivity index (χ4v) is 0.984. The third kappa shape index (κ3) is 3.36. The highest BCUT2D eigenvalue weighted by Gasteiger charge is 2.34. The number of ether oxygens (including phenoxy) is 1. The van der Waals surface area contributed by atoms with Crippen LogP contribution in [0.5, 0.6) is 0 Å². The van der Waals surface area contributed by atoms with Gasteiger partial charge in [-0.3, -0.25) is 9.89 Å². The van der Waals surface area contributed by atoms with Gasteiger partial charge in [0, 0.05) is 6.07 Å². The molecule has 1 N–H and O–H groups in total. The molecular weight excluding hydrogens is 241 g/mol. The molecule has 0 atom stereocenters. The van der Waals surface area contributed by atoms with Crippen LogP contribution in [0.1, 0.15) is 26.5 Å². The molecule has 0 saturated carbocycles. The van der Waals surface area contributed by atoms with E-state index in [1.54, 1.807) is 5.10 Å². The Morgan fingerprint density at radius 2 is 1.88 bits per heavy atom. The van der Waals surface area contributed by atoms with Crippen LogP contribution in [0.15, 0.2) is 10.9 Å². The Hall–Kier alpha value is -1.73. The summed E-state index contributed by atoms with van der Waals surface area (Å²) in [6.45, 7) is 4.59. The van der Waals surface area contributed by atoms with Crippen molar-refractivity contribution < 1.29 is 22.7 Å². The first-order valence-electron chi connectivity index (χ1n) is 4.63. The Kier molecular flexibility index (Phi) is 3.09. The molecule has 1 aromatic heterocycles. The summed E-state index contributed by atoms with van der Waals surface area (Å²) in [6.07, 6.45) is -5.90. The van der Waals surface area contributed by atoms with E-state index in [2.05, 4.69) is 0 Å². The Labute approximate surface area is 94.2 Å². The molecule has 5 nitrogen and oxygen atoms in total. The Morgan fingerprint density at radius 3 is 2.24 bits per heavy atom. The lowest BCUT2D eigenvalue weighted by Gasteiger charge is -2.18. The van der Waals surface area contributed by atoms with Gasteiger partial charge in [-0.1, -0.05) is 0 Å². The fraction of sp³-hybridized carbons (Fsp3) is 0.556. The van der Waals surface area contributed by atoms with Crippen LogP contribution in [-0.2, 0) is 10.9 Å². The summed E-state index contributed by atoms with van der Waals surface area (Å²) in [4.78, 5) is 22.5. The van der Waals surface area contributed by atoms with E-state index in [1.807, 2.05) is 0 Å². The number of hydrogen-bond acceptors (Lipinski definition) is 3. The van der Waals surface area contributed by atoms with Crippen LogP contribution in [0.3, 0.4) is 0 Å². The predicted molar refractivity (Wildman–Crippen MR) is 51.7 cm³/mol. The number of rotatable bonds is 0. The number of hydrogen-bond donors (Lipinski definition) is 1. The number of carbonyl (C=O) groups is 1. The lowest BCUT2D eigenvalue weighted by molar-refractivity contribution is -0.141. The number of aromatic amines is 1. The first-order valence-corrected chi connectivity index (χ1v) is 4.63. The zero-order valence-electron chi connectivity index (χ0n) is 9.38. The highest BCUT2D eigenvalue weighted by atomic mass is 19.4. The maximum atomic E-state index is 12.2. The molecule has 17 heavy (non-hydrogen) atoms. The van der Waals surface area contributed by atoms with Crippen molar-refractivity contribution in [2.45, 2.75) is 32.5 Å². The highest BCUT2D eigenvalue weighted by Crippen LogP contribution is 2.26. The molecule has 0 amide bonds. The summed E-state index contributed by atoms with van der Waals surface area (Å²) in [5.74, 6) is 0. The van der Waals surface area contributed by atoms with E-state index in [1.165, 1.54) is 20.8 Å². The van der Waals surface area contributed by atoms with E-state index in [-0.39, 0.29) is 4.68 Å². The van der Waals surface area contributed by atoms with Gasteiger partial charge >= 0.3 is 12.3 Å². The van der Waals surface area contributed by atoms with Crippen molar-refractivity contribution in [3.8, 4) is 0 Å². The lowest BCUT2D eigenvalue weighted by atomic mass is 10.2. The largest absolute Gasteiger partial charge is 0.442 e. The minimum absolute atomic E-state index is 0.175. The Balaban J connectivity index is 3.05. The number of halogens is 3. The van der Waals surface area contributed by atoms with Crippen molar-refractivity contribution in [1.82, 2.24) is 9.78 Å². The van der Waals surface area contributed by atoms with E-state index < -0.39 is 29.1 Å². The lowest BCUT2D eigenvalue weighted by Crippen LogP contribution is -2.32. The van der Waals surface area contributed by atoms with Crippen molar-refractivity contribution in [1.29, 1.82) is 0 Å². The summed E-state index contributed by atoms with van der Waals surface area (Å²) in [5.41, 5.74) is -3.32. The average molecular weight is 252 g/mol. The molecule has 0 saturated heterocycles. The molecule has 0 aromatic carbocycles. The topological polar surface area (TPSA) is 64.1 Å². The number of nitrogens with zero attached hydrogens (tertiary/aromatic N) is 1. The summed E-state index contributed by atoms with van der Waals surface area (Å²) in [6, 6.07) is 0.296. The third-order valence-corrected chi connectivity index (χ3v) is 1.60. The normalized spacial score (nSPS) is 12.6. The molecule has 0 unspecified atom stereocenters. The first kappa shape index (κ1) is 13.3. The predicted octanol–water partition coefficient (Wildman–Crippen LogP) is 1.98. The molecule has 0 aliphatic carbocycles. The smallest absolute Gasteiger partial charge is 0.436 e. The SMILES string of the molecule is CC(C)(C)OC(=O)n1[nH]c(C(F)(F)F)cc1=O. The quantitative estimate of drug-likeness (QED) is 0.767. The zero-order chi connectivity index (χ0) is 13.4. The second-order valence-corrected chi connectivity index (χ2v) is 4.32. The zero-order valence-corrected chi connectivity index (χ0v) is 9.38. The van der Waals surface area contributed by atoms with E-state index >= 15 is 0 Å². The monoisotopic (exact) mass is 252 g/mol. The van der Waals surface area contributed by atoms with Crippen LogP contribution in [-0.4, -0.2) is 21.5 Å². The molecule has 0 bridgehead atoms. The van der Waals surface area contributed by atoms with Crippen molar-refractivity contribution in [2.24, 2.45) is 0 Å². The molecule has 0 aliphatic heterocycles. The number of carbonyl (C=O) groups excluding carboxylic acids is 1. The second-order valence-electron chi connectivity index (χ2n) is 4.32. The molecule has 0 aliphatic rings. The minimum Gasteiger partial charge on any atom is -0.442 e. The maximum Gasteiger partial charge on any atom is 0.436 e. The van der Waals surface area contributed by atoms with Crippen LogP contribution in [0.2, 0.25) is 0 Å². The van der Waals surface area contributed by atoms with Crippen molar-refractivity contribution in [2.75, 3.05) is 0 Å². The molecule has 0 radical (unpaired) electrons. The second kappa shape index (κ2) is 3.94. The van der Waals surface area contributed by atoms with Crippen LogP contribution in [0, 0.1) is 0 Å². The first-order chi connectivity index (χ1) is 7.50. The molecule has 96 valence electrons. The Morgan fingerprint density at radius 1 is 1.35 bits per heavy atom.